The quantitative estimate of drug-likeness (QED) is 0.654. The first-order chi connectivity index (χ1) is 13.2. The molecule has 1 amide bonds. The summed E-state index contributed by atoms with van der Waals surface area (Å²) < 4.78 is 16.2. The summed E-state index contributed by atoms with van der Waals surface area (Å²) >= 11 is 1.55. The Kier molecular flexibility index (Phi) is 5.93. The van der Waals surface area contributed by atoms with E-state index in [1.54, 1.807) is 44.0 Å². The molecular formula is C20H20N2O4S. The number of ether oxygens (including phenoxy) is 2. The Hall–Kier alpha value is -3.06. The summed E-state index contributed by atoms with van der Waals surface area (Å²) in [6.45, 7) is 2.16. The predicted molar refractivity (Wildman–Crippen MR) is 105 cm³/mol. The molecule has 0 unspecified atom stereocenters. The van der Waals surface area contributed by atoms with E-state index in [1.807, 2.05) is 36.6 Å². The number of nitrogens with zero attached hydrogens (tertiary/aromatic N) is 1. The average molecular weight is 384 g/mol. The van der Waals surface area contributed by atoms with Crippen molar-refractivity contribution in [3.63, 3.8) is 0 Å². The van der Waals surface area contributed by atoms with Gasteiger partial charge in [0.2, 0.25) is 5.89 Å². The molecule has 0 aliphatic heterocycles. The largest absolute Gasteiger partial charge is 0.493 e. The number of nitrogens with one attached hydrogen (secondary N) is 1. The Morgan fingerprint density at radius 1 is 1.33 bits per heavy atom. The van der Waals surface area contributed by atoms with E-state index >= 15 is 0 Å². The van der Waals surface area contributed by atoms with Crippen LogP contribution in [0.3, 0.4) is 0 Å². The summed E-state index contributed by atoms with van der Waals surface area (Å²) in [7, 11) is 3.11. The lowest BCUT2D eigenvalue weighted by molar-refractivity contribution is 0.0950. The lowest BCUT2D eigenvalue weighted by Gasteiger charge is -2.13. The van der Waals surface area contributed by atoms with Crippen molar-refractivity contribution < 1.29 is 18.7 Å². The average Bonchev–Trinajstić information content (AvgIpc) is 3.37. The lowest BCUT2D eigenvalue weighted by Crippen LogP contribution is -2.23. The molecule has 0 saturated carbocycles. The Labute approximate surface area is 161 Å². The zero-order valence-corrected chi connectivity index (χ0v) is 16.1. The number of aromatic nitrogens is 1. The first-order valence-corrected chi connectivity index (χ1v) is 9.19. The molecule has 7 heteroatoms. The fraction of sp³-hybridized carbons (Fsp3) is 0.200. The van der Waals surface area contributed by atoms with Gasteiger partial charge in [-0.25, -0.2) is 4.98 Å². The van der Waals surface area contributed by atoms with Crippen molar-refractivity contribution in [2.45, 2.75) is 13.5 Å². The Bertz CT molecular complexity index is 945. The highest BCUT2D eigenvalue weighted by molar-refractivity contribution is 7.13. The van der Waals surface area contributed by atoms with Crippen LogP contribution in [0.25, 0.3) is 16.8 Å². The molecule has 0 atom stereocenters. The van der Waals surface area contributed by atoms with Gasteiger partial charge in [0.15, 0.2) is 11.5 Å². The SMILES string of the molecule is CC=Cc1cc(C(=O)NCc2coc(-c3cccs3)n2)cc(OC)c1OC. The minimum Gasteiger partial charge on any atom is -0.493 e. The fourth-order valence-corrected chi connectivity index (χ4v) is 3.26. The third kappa shape index (κ3) is 4.20. The highest BCUT2D eigenvalue weighted by atomic mass is 32.1. The van der Waals surface area contributed by atoms with E-state index in [0.717, 1.165) is 10.4 Å². The second-order valence-corrected chi connectivity index (χ2v) is 6.55. The maximum absolute atomic E-state index is 12.6. The summed E-state index contributed by atoms with van der Waals surface area (Å²) in [4.78, 5) is 17.9. The van der Waals surface area contributed by atoms with Gasteiger partial charge in [-0.05, 0) is 30.5 Å². The molecule has 0 bridgehead atoms. The highest BCUT2D eigenvalue weighted by Gasteiger charge is 2.15. The van der Waals surface area contributed by atoms with Gasteiger partial charge in [-0.15, -0.1) is 11.3 Å². The first-order valence-electron chi connectivity index (χ1n) is 8.31. The second kappa shape index (κ2) is 8.55. The molecule has 2 heterocycles. The number of carbonyl (C=O) groups excluding carboxylic acids is 1. The molecular weight excluding hydrogens is 364 g/mol. The molecule has 6 nitrogen and oxygen atoms in total. The van der Waals surface area contributed by atoms with Crippen LogP contribution in [0.1, 0.15) is 28.5 Å². The van der Waals surface area contributed by atoms with Crippen molar-refractivity contribution in [1.82, 2.24) is 10.3 Å². The molecule has 140 valence electrons. The van der Waals surface area contributed by atoms with Crippen LogP contribution in [-0.2, 0) is 6.54 Å². The van der Waals surface area contributed by atoms with Crippen LogP contribution in [0, 0.1) is 0 Å². The number of oxazole rings is 1. The van der Waals surface area contributed by atoms with Crippen LogP contribution in [0.15, 0.2) is 46.4 Å². The van der Waals surface area contributed by atoms with Gasteiger partial charge in [0.1, 0.15) is 6.26 Å². The van der Waals surface area contributed by atoms with Gasteiger partial charge >= 0.3 is 0 Å². The molecule has 2 aromatic heterocycles. The number of benzene rings is 1. The first kappa shape index (κ1) is 18.7. The molecule has 1 N–H and O–H groups in total. The van der Waals surface area contributed by atoms with Gasteiger partial charge in [-0.1, -0.05) is 18.2 Å². The molecule has 0 saturated heterocycles. The normalized spacial score (nSPS) is 10.9. The topological polar surface area (TPSA) is 73.6 Å². The molecule has 0 fully saturated rings. The minimum atomic E-state index is -0.234. The number of amides is 1. The van der Waals surface area contributed by atoms with Gasteiger partial charge in [0.05, 0.1) is 31.3 Å². The third-order valence-electron chi connectivity index (χ3n) is 3.83. The summed E-state index contributed by atoms with van der Waals surface area (Å²) in [5.41, 5.74) is 1.90. The van der Waals surface area contributed by atoms with E-state index in [4.69, 9.17) is 13.9 Å². The third-order valence-corrected chi connectivity index (χ3v) is 4.69. The molecule has 3 rings (SSSR count). The number of thiophene rings is 1. The molecule has 0 radical (unpaired) electrons. The van der Waals surface area contributed by atoms with Crippen molar-refractivity contribution in [2.75, 3.05) is 14.2 Å². The Balaban J connectivity index is 1.75. The summed E-state index contributed by atoms with van der Waals surface area (Å²) in [6.07, 6.45) is 5.29. The zero-order valence-electron chi connectivity index (χ0n) is 15.3. The van der Waals surface area contributed by atoms with Gasteiger partial charge < -0.3 is 19.2 Å². The highest BCUT2D eigenvalue weighted by Crippen LogP contribution is 2.33. The summed E-state index contributed by atoms with van der Waals surface area (Å²) in [6, 6.07) is 7.29. The number of methoxy groups -OCH3 is 2. The van der Waals surface area contributed by atoms with E-state index in [0.29, 0.717) is 28.6 Å². The molecule has 0 aliphatic rings. The van der Waals surface area contributed by atoms with Crippen LogP contribution in [-0.4, -0.2) is 25.1 Å². The summed E-state index contributed by atoms with van der Waals surface area (Å²) in [5.74, 6) is 1.40. The number of hydrogen-bond acceptors (Lipinski definition) is 6. The van der Waals surface area contributed by atoms with Gasteiger partial charge in [-0.3, -0.25) is 4.79 Å². The van der Waals surface area contributed by atoms with E-state index in [2.05, 4.69) is 10.3 Å². The summed E-state index contributed by atoms with van der Waals surface area (Å²) in [5, 5.41) is 4.81. The van der Waals surface area contributed by atoms with E-state index in [9.17, 15) is 4.79 Å². The van der Waals surface area contributed by atoms with Crippen LogP contribution >= 0.6 is 11.3 Å². The molecule has 27 heavy (non-hydrogen) atoms. The van der Waals surface area contributed by atoms with E-state index in [-0.39, 0.29) is 12.5 Å². The fourth-order valence-electron chi connectivity index (χ4n) is 2.60. The van der Waals surface area contributed by atoms with Crippen LogP contribution in [0.5, 0.6) is 11.5 Å². The second-order valence-electron chi connectivity index (χ2n) is 5.60. The van der Waals surface area contributed by atoms with Crippen molar-refractivity contribution in [1.29, 1.82) is 0 Å². The van der Waals surface area contributed by atoms with Gasteiger partial charge in [0.25, 0.3) is 5.91 Å². The minimum absolute atomic E-state index is 0.234. The smallest absolute Gasteiger partial charge is 0.251 e. The Morgan fingerprint density at radius 2 is 2.19 bits per heavy atom. The number of allylic oxidation sites excluding steroid dienone is 1. The Morgan fingerprint density at radius 3 is 2.85 bits per heavy atom. The molecule has 3 aromatic rings. The van der Waals surface area contributed by atoms with Crippen LogP contribution in [0.2, 0.25) is 0 Å². The van der Waals surface area contributed by atoms with Crippen molar-refractivity contribution in [3.8, 4) is 22.3 Å². The molecule has 0 aliphatic carbocycles. The van der Waals surface area contributed by atoms with Crippen LogP contribution < -0.4 is 14.8 Å². The van der Waals surface area contributed by atoms with Crippen LogP contribution in [0.4, 0.5) is 0 Å². The lowest BCUT2D eigenvalue weighted by atomic mass is 10.1. The maximum Gasteiger partial charge on any atom is 0.251 e. The van der Waals surface area contributed by atoms with E-state index < -0.39 is 0 Å². The van der Waals surface area contributed by atoms with Gasteiger partial charge in [-0.2, -0.15) is 0 Å². The van der Waals surface area contributed by atoms with Gasteiger partial charge in [0, 0.05) is 11.1 Å². The number of rotatable bonds is 7. The maximum atomic E-state index is 12.6. The van der Waals surface area contributed by atoms with Crippen molar-refractivity contribution in [2.24, 2.45) is 0 Å². The van der Waals surface area contributed by atoms with Crippen molar-refractivity contribution >= 4 is 23.3 Å². The standard InChI is InChI=1S/C20H20N2O4S/c1-4-6-13-9-14(10-16(24-2)18(13)25-3)19(23)21-11-15-12-26-20(22-15)17-7-5-8-27-17/h4-10,12H,11H2,1-3H3,(H,21,23). The molecule has 0 spiro atoms. The predicted octanol–water partition coefficient (Wildman–Crippen LogP) is 4.38. The molecule has 1 aromatic carbocycles. The number of hydrogen-bond donors (Lipinski definition) is 1. The zero-order chi connectivity index (χ0) is 19.2. The van der Waals surface area contributed by atoms with Crippen molar-refractivity contribution in [3.05, 3.63) is 58.8 Å². The monoisotopic (exact) mass is 384 g/mol. The van der Waals surface area contributed by atoms with E-state index in [1.165, 1.54) is 0 Å². The number of carbonyl (C=O) groups is 1.